The molecular weight excluding hydrogens is 184 g/mol. The molecule has 0 aromatic heterocycles. The van der Waals surface area contributed by atoms with E-state index in [0.717, 1.165) is 19.3 Å². The van der Waals surface area contributed by atoms with Gasteiger partial charge in [-0.05, 0) is 42.2 Å². The number of carbonyl (C=O) groups excluding carboxylic acids is 1. The third-order valence-corrected chi connectivity index (χ3v) is 4.03. The molecule has 1 fully saturated rings. The highest BCUT2D eigenvalue weighted by molar-refractivity contribution is 5.79. The van der Waals surface area contributed by atoms with E-state index in [1.165, 1.54) is 24.0 Å². The van der Waals surface area contributed by atoms with Gasteiger partial charge in [0.25, 0.3) is 0 Å². The highest BCUT2D eigenvalue weighted by atomic mass is 16.1. The minimum Gasteiger partial charge on any atom is -0.300 e. The Labute approximate surface area is 90.5 Å². The molecule has 2 aliphatic carbocycles. The lowest BCUT2D eigenvalue weighted by Crippen LogP contribution is -2.27. The summed E-state index contributed by atoms with van der Waals surface area (Å²) in [5.74, 6) is 1.80. The number of carbonyl (C=O) groups is 1. The first kappa shape index (κ1) is 9.14. The van der Waals surface area contributed by atoms with Gasteiger partial charge < -0.3 is 0 Å². The van der Waals surface area contributed by atoms with Crippen LogP contribution in [0.15, 0.2) is 24.3 Å². The molecule has 1 nitrogen and oxygen atoms in total. The van der Waals surface area contributed by atoms with Crippen LogP contribution < -0.4 is 0 Å². The van der Waals surface area contributed by atoms with Crippen molar-refractivity contribution in [1.82, 2.24) is 0 Å². The van der Waals surface area contributed by atoms with Crippen molar-refractivity contribution < 1.29 is 4.79 Å². The van der Waals surface area contributed by atoms with Crippen LogP contribution in [0.2, 0.25) is 0 Å². The van der Waals surface area contributed by atoms with E-state index < -0.39 is 0 Å². The summed E-state index contributed by atoms with van der Waals surface area (Å²) in [5.41, 5.74) is 3.05. The zero-order valence-electron chi connectivity index (χ0n) is 8.91. The van der Waals surface area contributed by atoms with Crippen LogP contribution in [0.5, 0.6) is 0 Å². The summed E-state index contributed by atoms with van der Waals surface area (Å²) in [4.78, 5) is 11.4. The highest BCUT2D eigenvalue weighted by Crippen LogP contribution is 2.43. The topological polar surface area (TPSA) is 17.1 Å². The molecule has 0 amide bonds. The highest BCUT2D eigenvalue weighted by Gasteiger charge is 2.33. The normalized spacial score (nSPS) is 29.5. The Kier molecular flexibility index (Phi) is 2.12. The van der Waals surface area contributed by atoms with Crippen LogP contribution in [-0.2, 0) is 11.2 Å². The van der Waals surface area contributed by atoms with Crippen molar-refractivity contribution in [3.8, 4) is 0 Å². The number of ketones is 1. The fourth-order valence-electron chi connectivity index (χ4n) is 3.27. The zero-order chi connectivity index (χ0) is 10.3. The lowest BCUT2D eigenvalue weighted by molar-refractivity contribution is -0.122. The first-order valence-electron chi connectivity index (χ1n) is 5.94. The van der Waals surface area contributed by atoms with E-state index >= 15 is 0 Å². The Hall–Kier alpha value is -1.11. The SMILES string of the molecule is O=C1CCC2c3ccccc3CCC2C1. The molecule has 0 aliphatic heterocycles. The third-order valence-electron chi connectivity index (χ3n) is 4.03. The van der Waals surface area contributed by atoms with Crippen LogP contribution in [0.1, 0.15) is 42.7 Å². The average Bonchev–Trinajstić information content (AvgIpc) is 2.28. The molecule has 2 unspecified atom stereocenters. The number of benzene rings is 1. The van der Waals surface area contributed by atoms with Crippen LogP contribution in [0.25, 0.3) is 0 Å². The molecule has 0 saturated heterocycles. The molecule has 0 bridgehead atoms. The summed E-state index contributed by atoms with van der Waals surface area (Å²) in [7, 11) is 0. The van der Waals surface area contributed by atoms with Crippen LogP contribution in [0, 0.1) is 5.92 Å². The summed E-state index contributed by atoms with van der Waals surface area (Å²) < 4.78 is 0. The Morgan fingerprint density at radius 1 is 1.07 bits per heavy atom. The first-order chi connectivity index (χ1) is 7.34. The van der Waals surface area contributed by atoms with Crippen molar-refractivity contribution in [3.05, 3.63) is 35.4 Å². The molecule has 1 aromatic carbocycles. The predicted molar refractivity (Wildman–Crippen MR) is 59.9 cm³/mol. The molecule has 2 aliphatic rings. The van der Waals surface area contributed by atoms with E-state index in [1.54, 1.807) is 0 Å². The predicted octanol–water partition coefficient (Wildman–Crippen LogP) is 3.09. The largest absolute Gasteiger partial charge is 0.300 e. The van der Waals surface area contributed by atoms with Crippen molar-refractivity contribution in [2.75, 3.05) is 0 Å². The maximum atomic E-state index is 11.4. The van der Waals surface area contributed by atoms with E-state index in [2.05, 4.69) is 24.3 Å². The molecule has 15 heavy (non-hydrogen) atoms. The van der Waals surface area contributed by atoms with Crippen LogP contribution in [0.4, 0.5) is 0 Å². The van der Waals surface area contributed by atoms with Gasteiger partial charge in [0.1, 0.15) is 5.78 Å². The van der Waals surface area contributed by atoms with E-state index in [9.17, 15) is 4.79 Å². The maximum Gasteiger partial charge on any atom is 0.133 e. The number of fused-ring (bicyclic) bond motifs is 3. The van der Waals surface area contributed by atoms with Crippen molar-refractivity contribution in [2.45, 2.75) is 38.0 Å². The van der Waals surface area contributed by atoms with Gasteiger partial charge in [-0.25, -0.2) is 0 Å². The monoisotopic (exact) mass is 200 g/mol. The molecule has 78 valence electrons. The first-order valence-corrected chi connectivity index (χ1v) is 5.94. The minimum absolute atomic E-state index is 0.482. The smallest absolute Gasteiger partial charge is 0.133 e. The summed E-state index contributed by atoms with van der Waals surface area (Å²) in [6.45, 7) is 0. The maximum absolute atomic E-state index is 11.4. The molecule has 0 radical (unpaired) electrons. The fraction of sp³-hybridized carbons (Fsp3) is 0.500. The molecule has 1 saturated carbocycles. The van der Waals surface area contributed by atoms with Crippen LogP contribution in [0.3, 0.4) is 0 Å². The van der Waals surface area contributed by atoms with Crippen molar-refractivity contribution >= 4 is 5.78 Å². The fourth-order valence-corrected chi connectivity index (χ4v) is 3.27. The summed E-state index contributed by atoms with van der Waals surface area (Å²) in [6.07, 6.45) is 5.10. The van der Waals surface area contributed by atoms with Gasteiger partial charge in [-0.2, -0.15) is 0 Å². The van der Waals surface area contributed by atoms with Crippen LogP contribution >= 0.6 is 0 Å². The second-order valence-corrected chi connectivity index (χ2v) is 4.89. The minimum atomic E-state index is 0.482. The number of rotatable bonds is 0. The van der Waals surface area contributed by atoms with Gasteiger partial charge in [0.15, 0.2) is 0 Å². The van der Waals surface area contributed by atoms with Gasteiger partial charge in [0.2, 0.25) is 0 Å². The van der Waals surface area contributed by atoms with Gasteiger partial charge in [0, 0.05) is 12.8 Å². The second-order valence-electron chi connectivity index (χ2n) is 4.89. The van der Waals surface area contributed by atoms with Gasteiger partial charge >= 0.3 is 0 Å². The van der Waals surface area contributed by atoms with Gasteiger partial charge in [-0.1, -0.05) is 24.3 Å². The lowest BCUT2D eigenvalue weighted by Gasteiger charge is -2.36. The summed E-state index contributed by atoms with van der Waals surface area (Å²) in [5, 5.41) is 0. The Bertz CT molecular complexity index is 394. The number of Topliss-reactive ketones (excluding diaryl/α,β-unsaturated/α-hetero) is 1. The molecule has 0 heterocycles. The third kappa shape index (κ3) is 1.50. The number of hydrogen-bond donors (Lipinski definition) is 0. The molecule has 2 atom stereocenters. The lowest BCUT2D eigenvalue weighted by atomic mass is 9.68. The van der Waals surface area contributed by atoms with E-state index in [-0.39, 0.29) is 0 Å². The molecule has 1 heteroatoms. The molecule has 1 aromatic rings. The Balaban J connectivity index is 1.97. The molecular formula is C14H16O. The van der Waals surface area contributed by atoms with E-state index in [4.69, 9.17) is 0 Å². The van der Waals surface area contributed by atoms with Gasteiger partial charge in [0.05, 0.1) is 0 Å². The number of aryl methyl sites for hydroxylation is 1. The number of hydrogen-bond acceptors (Lipinski definition) is 1. The van der Waals surface area contributed by atoms with Crippen molar-refractivity contribution in [3.63, 3.8) is 0 Å². The summed E-state index contributed by atoms with van der Waals surface area (Å²) >= 11 is 0. The van der Waals surface area contributed by atoms with E-state index in [0.29, 0.717) is 17.6 Å². The zero-order valence-corrected chi connectivity index (χ0v) is 8.91. The van der Waals surface area contributed by atoms with Gasteiger partial charge in [-0.3, -0.25) is 4.79 Å². The van der Waals surface area contributed by atoms with Crippen molar-refractivity contribution in [2.24, 2.45) is 5.92 Å². The molecule has 0 spiro atoms. The van der Waals surface area contributed by atoms with Crippen molar-refractivity contribution in [1.29, 1.82) is 0 Å². The Morgan fingerprint density at radius 2 is 1.93 bits per heavy atom. The molecule has 3 rings (SSSR count). The average molecular weight is 200 g/mol. The second kappa shape index (κ2) is 3.48. The molecule has 0 N–H and O–H groups in total. The standard InChI is InChI=1S/C14H16O/c15-12-7-8-14-11(9-12)6-5-10-3-1-2-4-13(10)14/h1-4,11,14H,5-9H2. The quantitative estimate of drug-likeness (QED) is 0.629. The van der Waals surface area contributed by atoms with E-state index in [1.807, 2.05) is 0 Å². The summed E-state index contributed by atoms with van der Waals surface area (Å²) in [6, 6.07) is 8.79. The van der Waals surface area contributed by atoms with Gasteiger partial charge in [-0.15, -0.1) is 0 Å². The Morgan fingerprint density at radius 3 is 2.87 bits per heavy atom. The van der Waals surface area contributed by atoms with Crippen LogP contribution in [-0.4, -0.2) is 5.78 Å².